The highest BCUT2D eigenvalue weighted by Gasteiger charge is 2.35. The number of aryl methyl sites for hydroxylation is 1. The average molecular weight is 351 g/mol. The van der Waals surface area contributed by atoms with Crippen LogP contribution >= 0.6 is 11.8 Å². The maximum Gasteiger partial charge on any atom is 0.416 e. The molecule has 3 rings (SSSR count). The number of rotatable bonds is 3. The number of hydrogen-bond donors (Lipinski definition) is 0. The first-order valence-electron chi connectivity index (χ1n) is 7.60. The van der Waals surface area contributed by atoms with Crippen molar-refractivity contribution in [2.75, 3.05) is 10.7 Å². The topological polar surface area (TPSA) is 20.3 Å². The number of nitrogens with zero attached hydrogens (tertiary/aromatic N) is 1. The summed E-state index contributed by atoms with van der Waals surface area (Å²) in [5, 5.41) is -0.208. The Balaban J connectivity index is 1.90. The lowest BCUT2D eigenvalue weighted by atomic mass is 10.1. The predicted octanol–water partition coefficient (Wildman–Crippen LogP) is 5.05. The summed E-state index contributed by atoms with van der Waals surface area (Å²) in [5.74, 6) is 0.227. The quantitative estimate of drug-likeness (QED) is 0.771. The smallest absolute Gasteiger partial charge is 0.295 e. The summed E-state index contributed by atoms with van der Waals surface area (Å²) in [7, 11) is 0. The van der Waals surface area contributed by atoms with E-state index in [0.29, 0.717) is 11.4 Å². The number of carbonyl (C=O) groups is 1. The zero-order valence-electron chi connectivity index (χ0n) is 13.0. The van der Waals surface area contributed by atoms with Gasteiger partial charge < -0.3 is 0 Å². The van der Waals surface area contributed by atoms with E-state index in [4.69, 9.17) is 0 Å². The van der Waals surface area contributed by atoms with Crippen molar-refractivity contribution in [2.45, 2.75) is 24.9 Å². The molecule has 1 heterocycles. The van der Waals surface area contributed by atoms with Crippen LogP contribution in [0.1, 0.15) is 29.0 Å². The van der Waals surface area contributed by atoms with E-state index in [-0.39, 0.29) is 11.3 Å². The molecule has 0 aromatic heterocycles. The van der Waals surface area contributed by atoms with Crippen molar-refractivity contribution in [1.29, 1.82) is 0 Å². The average Bonchev–Trinajstić information content (AvgIpc) is 2.96. The molecular weight excluding hydrogens is 335 g/mol. The molecule has 1 fully saturated rings. The lowest BCUT2D eigenvalue weighted by Gasteiger charge is -2.25. The molecule has 0 saturated carbocycles. The molecule has 2 nitrogen and oxygen atoms in total. The van der Waals surface area contributed by atoms with Crippen LogP contribution in [0.15, 0.2) is 48.5 Å². The molecule has 0 unspecified atom stereocenters. The summed E-state index contributed by atoms with van der Waals surface area (Å²) in [5.41, 5.74) is 1.95. The second-order valence-electron chi connectivity index (χ2n) is 5.57. The SMILES string of the molecule is CCc1ccc([C@@H]2SCC(=O)N2c2ccc(C(F)(F)F)cc2)cc1. The van der Waals surface area contributed by atoms with Gasteiger partial charge in [-0.25, -0.2) is 0 Å². The molecule has 0 N–H and O–H groups in total. The van der Waals surface area contributed by atoms with Gasteiger partial charge in [0.1, 0.15) is 5.37 Å². The molecule has 0 radical (unpaired) electrons. The molecule has 0 spiro atoms. The van der Waals surface area contributed by atoms with Crippen LogP contribution in [0.2, 0.25) is 0 Å². The Labute approximate surface area is 142 Å². The van der Waals surface area contributed by atoms with Crippen LogP contribution < -0.4 is 4.90 Å². The van der Waals surface area contributed by atoms with Gasteiger partial charge in [0, 0.05) is 5.69 Å². The third-order valence-corrected chi connectivity index (χ3v) is 5.23. The third kappa shape index (κ3) is 3.29. The van der Waals surface area contributed by atoms with Crippen molar-refractivity contribution >= 4 is 23.4 Å². The molecule has 2 aromatic carbocycles. The molecule has 1 aliphatic heterocycles. The van der Waals surface area contributed by atoms with Crippen molar-refractivity contribution in [1.82, 2.24) is 0 Å². The third-order valence-electron chi connectivity index (χ3n) is 4.01. The number of halogens is 3. The first-order chi connectivity index (χ1) is 11.4. The molecule has 1 amide bonds. The lowest BCUT2D eigenvalue weighted by Crippen LogP contribution is -2.27. The van der Waals surface area contributed by atoms with E-state index in [1.165, 1.54) is 29.5 Å². The maximum atomic E-state index is 12.7. The lowest BCUT2D eigenvalue weighted by molar-refractivity contribution is -0.137. The van der Waals surface area contributed by atoms with Crippen molar-refractivity contribution in [2.24, 2.45) is 0 Å². The standard InChI is InChI=1S/C18H16F3NOS/c1-2-12-3-5-13(6-4-12)17-22(16(23)11-24-17)15-9-7-14(8-10-15)18(19,20)21/h3-10,17H,2,11H2,1H3/t17-/m0/s1. The Morgan fingerprint density at radius 2 is 1.71 bits per heavy atom. The van der Waals surface area contributed by atoms with E-state index >= 15 is 0 Å². The van der Waals surface area contributed by atoms with Gasteiger partial charge in [0.05, 0.1) is 11.3 Å². The normalized spacial score (nSPS) is 18.2. The Bertz CT molecular complexity index is 725. The zero-order valence-corrected chi connectivity index (χ0v) is 13.8. The van der Waals surface area contributed by atoms with Gasteiger partial charge >= 0.3 is 6.18 Å². The summed E-state index contributed by atoms with van der Waals surface area (Å²) in [6.45, 7) is 2.07. The molecule has 1 atom stereocenters. The molecule has 1 saturated heterocycles. The van der Waals surface area contributed by atoms with Gasteiger partial charge in [0.2, 0.25) is 5.91 Å². The zero-order chi connectivity index (χ0) is 17.3. The van der Waals surface area contributed by atoms with Crippen LogP contribution in [0, 0.1) is 0 Å². The highest BCUT2D eigenvalue weighted by molar-refractivity contribution is 8.00. The van der Waals surface area contributed by atoms with Gasteiger partial charge in [-0.3, -0.25) is 9.69 Å². The van der Waals surface area contributed by atoms with Crippen LogP contribution in [0.4, 0.5) is 18.9 Å². The molecule has 1 aliphatic rings. The van der Waals surface area contributed by atoms with Gasteiger partial charge in [0.25, 0.3) is 0 Å². The molecule has 0 bridgehead atoms. The fourth-order valence-corrected chi connectivity index (χ4v) is 3.86. The van der Waals surface area contributed by atoms with Gasteiger partial charge in [-0.1, -0.05) is 31.2 Å². The summed E-state index contributed by atoms with van der Waals surface area (Å²) < 4.78 is 38.1. The van der Waals surface area contributed by atoms with Crippen LogP contribution in [0.25, 0.3) is 0 Å². The number of anilines is 1. The fourth-order valence-electron chi connectivity index (χ4n) is 2.68. The van der Waals surface area contributed by atoms with Crippen LogP contribution in [-0.4, -0.2) is 11.7 Å². The van der Waals surface area contributed by atoms with Crippen molar-refractivity contribution < 1.29 is 18.0 Å². The van der Waals surface area contributed by atoms with Gasteiger partial charge in [-0.15, -0.1) is 11.8 Å². The van der Waals surface area contributed by atoms with Gasteiger partial charge in [-0.2, -0.15) is 13.2 Å². The summed E-state index contributed by atoms with van der Waals surface area (Å²) in [4.78, 5) is 13.8. The monoisotopic (exact) mass is 351 g/mol. The van der Waals surface area contributed by atoms with Gasteiger partial charge in [-0.05, 0) is 41.8 Å². The van der Waals surface area contributed by atoms with E-state index in [2.05, 4.69) is 6.92 Å². The van der Waals surface area contributed by atoms with Crippen LogP contribution in [0.3, 0.4) is 0 Å². The van der Waals surface area contributed by atoms with Gasteiger partial charge in [0.15, 0.2) is 0 Å². The molecule has 126 valence electrons. The minimum atomic E-state index is -4.38. The minimum Gasteiger partial charge on any atom is -0.295 e. The molecule has 6 heteroatoms. The summed E-state index contributed by atoms with van der Waals surface area (Å²) in [6, 6.07) is 12.7. The number of hydrogen-bond acceptors (Lipinski definition) is 2. The number of carbonyl (C=O) groups excluding carboxylic acids is 1. The first-order valence-corrected chi connectivity index (χ1v) is 8.65. The number of benzene rings is 2. The molecule has 24 heavy (non-hydrogen) atoms. The predicted molar refractivity (Wildman–Crippen MR) is 89.9 cm³/mol. The fraction of sp³-hybridized carbons (Fsp3) is 0.278. The maximum absolute atomic E-state index is 12.7. The highest BCUT2D eigenvalue weighted by atomic mass is 32.2. The first kappa shape index (κ1) is 16.9. The summed E-state index contributed by atoms with van der Waals surface area (Å²) >= 11 is 1.48. The largest absolute Gasteiger partial charge is 0.416 e. The Hall–Kier alpha value is -1.95. The second kappa shape index (κ2) is 6.51. The van der Waals surface area contributed by atoms with E-state index < -0.39 is 11.7 Å². The number of alkyl halides is 3. The Morgan fingerprint density at radius 1 is 1.08 bits per heavy atom. The number of thioether (sulfide) groups is 1. The molecule has 2 aromatic rings. The molecular formula is C18H16F3NOS. The second-order valence-corrected chi connectivity index (χ2v) is 6.64. The van der Waals surface area contributed by atoms with Crippen molar-refractivity contribution in [3.8, 4) is 0 Å². The van der Waals surface area contributed by atoms with Crippen molar-refractivity contribution in [3.05, 3.63) is 65.2 Å². The van der Waals surface area contributed by atoms with E-state index in [0.717, 1.165) is 24.1 Å². The molecule has 0 aliphatic carbocycles. The highest BCUT2D eigenvalue weighted by Crippen LogP contribution is 2.42. The van der Waals surface area contributed by atoms with Crippen LogP contribution in [-0.2, 0) is 17.4 Å². The summed E-state index contributed by atoms with van der Waals surface area (Å²) in [6.07, 6.45) is -3.45. The number of amides is 1. The van der Waals surface area contributed by atoms with Crippen LogP contribution in [0.5, 0.6) is 0 Å². The van der Waals surface area contributed by atoms with E-state index in [1.54, 1.807) is 4.90 Å². The van der Waals surface area contributed by atoms with E-state index in [9.17, 15) is 18.0 Å². The van der Waals surface area contributed by atoms with Crippen molar-refractivity contribution in [3.63, 3.8) is 0 Å². The Kier molecular flexibility index (Phi) is 4.58. The van der Waals surface area contributed by atoms with E-state index in [1.807, 2.05) is 24.3 Å². The Morgan fingerprint density at radius 3 is 2.25 bits per heavy atom. The minimum absolute atomic E-state index is 0.0932.